The predicted octanol–water partition coefficient (Wildman–Crippen LogP) is 3.38. The standard InChI is InChI=1S/C21H15NO5/c1-3-13-25-20(23)17-7-9-18(10-8-17)22-15-16-5-11-19(12-6-16)27-21(24)26-14-4-2/h1-2,5-12,15H,13-14H2. The van der Waals surface area contributed by atoms with Crippen LogP contribution in [0.15, 0.2) is 53.5 Å². The van der Waals surface area contributed by atoms with Crippen LogP contribution in [-0.2, 0) is 9.47 Å². The molecule has 0 aliphatic carbocycles. The molecule has 0 saturated heterocycles. The van der Waals surface area contributed by atoms with Crippen LogP contribution in [0.1, 0.15) is 15.9 Å². The Hall–Kier alpha value is -4.03. The highest BCUT2D eigenvalue weighted by atomic mass is 16.7. The average molecular weight is 361 g/mol. The van der Waals surface area contributed by atoms with Crippen molar-refractivity contribution in [2.24, 2.45) is 4.99 Å². The highest BCUT2D eigenvalue weighted by molar-refractivity contribution is 5.90. The molecule has 0 aliphatic rings. The van der Waals surface area contributed by atoms with E-state index < -0.39 is 12.1 Å². The quantitative estimate of drug-likeness (QED) is 0.341. The molecular formula is C21H15NO5. The number of carbonyl (C=O) groups is 2. The molecule has 0 N–H and O–H groups in total. The molecule has 6 heteroatoms. The van der Waals surface area contributed by atoms with Crippen molar-refractivity contribution in [1.29, 1.82) is 0 Å². The molecule has 6 nitrogen and oxygen atoms in total. The summed E-state index contributed by atoms with van der Waals surface area (Å²) in [5.74, 6) is 4.24. The summed E-state index contributed by atoms with van der Waals surface area (Å²) in [6.07, 6.45) is 10.8. The van der Waals surface area contributed by atoms with E-state index in [-0.39, 0.29) is 13.2 Å². The Labute approximate surface area is 156 Å². The Kier molecular flexibility index (Phi) is 7.20. The number of benzene rings is 2. The average Bonchev–Trinajstić information content (AvgIpc) is 2.70. The number of hydrogen-bond donors (Lipinski definition) is 0. The van der Waals surface area contributed by atoms with E-state index in [0.29, 0.717) is 17.0 Å². The number of carbonyl (C=O) groups excluding carboxylic acids is 2. The minimum Gasteiger partial charge on any atom is -0.449 e. The van der Waals surface area contributed by atoms with Gasteiger partial charge in [0.25, 0.3) is 0 Å². The zero-order valence-electron chi connectivity index (χ0n) is 14.3. The van der Waals surface area contributed by atoms with Gasteiger partial charge >= 0.3 is 12.1 Å². The topological polar surface area (TPSA) is 74.2 Å². The molecule has 0 bridgehead atoms. The summed E-state index contributed by atoms with van der Waals surface area (Å²) >= 11 is 0. The first kappa shape index (κ1) is 19.3. The molecule has 2 aromatic rings. The molecule has 0 atom stereocenters. The van der Waals surface area contributed by atoms with Gasteiger partial charge in [-0.3, -0.25) is 4.99 Å². The van der Waals surface area contributed by atoms with Gasteiger partial charge in [0.05, 0.1) is 11.3 Å². The molecule has 0 fully saturated rings. The molecule has 27 heavy (non-hydrogen) atoms. The fourth-order valence-corrected chi connectivity index (χ4v) is 1.87. The van der Waals surface area contributed by atoms with Gasteiger partial charge in [-0.1, -0.05) is 11.8 Å². The fourth-order valence-electron chi connectivity index (χ4n) is 1.87. The monoisotopic (exact) mass is 361 g/mol. The van der Waals surface area contributed by atoms with E-state index in [4.69, 9.17) is 22.3 Å². The van der Waals surface area contributed by atoms with Crippen LogP contribution >= 0.6 is 0 Å². The van der Waals surface area contributed by atoms with Crippen molar-refractivity contribution in [3.63, 3.8) is 0 Å². The van der Waals surface area contributed by atoms with Gasteiger partial charge in [-0.25, -0.2) is 9.59 Å². The van der Waals surface area contributed by atoms with Crippen molar-refractivity contribution in [2.45, 2.75) is 0 Å². The van der Waals surface area contributed by atoms with E-state index in [9.17, 15) is 9.59 Å². The summed E-state index contributed by atoms with van der Waals surface area (Å²) in [5.41, 5.74) is 1.83. The van der Waals surface area contributed by atoms with E-state index in [1.807, 2.05) is 0 Å². The summed E-state index contributed by atoms with van der Waals surface area (Å²) in [5, 5.41) is 0. The lowest BCUT2D eigenvalue weighted by Gasteiger charge is -2.03. The molecule has 2 aromatic carbocycles. The van der Waals surface area contributed by atoms with E-state index >= 15 is 0 Å². The number of terminal acetylenes is 2. The van der Waals surface area contributed by atoms with Crippen molar-refractivity contribution in [3.8, 4) is 30.4 Å². The van der Waals surface area contributed by atoms with Crippen LogP contribution in [-0.4, -0.2) is 31.6 Å². The zero-order valence-corrected chi connectivity index (χ0v) is 14.3. The van der Waals surface area contributed by atoms with Crippen molar-refractivity contribution in [2.75, 3.05) is 13.2 Å². The molecule has 0 unspecified atom stereocenters. The normalized spacial score (nSPS) is 9.85. The van der Waals surface area contributed by atoms with Crippen LogP contribution in [0.2, 0.25) is 0 Å². The molecule has 0 saturated carbocycles. The third kappa shape index (κ3) is 6.41. The van der Waals surface area contributed by atoms with Gasteiger partial charge in [0.15, 0.2) is 13.2 Å². The summed E-state index contributed by atoms with van der Waals surface area (Å²) in [7, 11) is 0. The van der Waals surface area contributed by atoms with Crippen LogP contribution in [0.3, 0.4) is 0 Å². The second kappa shape index (κ2) is 10.1. The fraction of sp³-hybridized carbons (Fsp3) is 0.0952. The Morgan fingerprint density at radius 1 is 0.926 bits per heavy atom. The van der Waals surface area contributed by atoms with Crippen LogP contribution in [0, 0.1) is 24.7 Å². The zero-order chi connectivity index (χ0) is 19.5. The molecule has 0 amide bonds. The predicted molar refractivity (Wildman–Crippen MR) is 100 cm³/mol. The van der Waals surface area contributed by atoms with E-state index in [1.165, 1.54) is 0 Å². The Morgan fingerprint density at radius 3 is 2.19 bits per heavy atom. The Bertz CT molecular complexity index is 900. The highest BCUT2D eigenvalue weighted by Gasteiger charge is 2.06. The van der Waals surface area contributed by atoms with Crippen LogP contribution in [0.4, 0.5) is 10.5 Å². The van der Waals surface area contributed by atoms with E-state index in [0.717, 1.165) is 5.56 Å². The molecule has 0 aliphatic heterocycles. The van der Waals surface area contributed by atoms with Gasteiger partial charge in [-0.2, -0.15) is 0 Å². The summed E-state index contributed by atoms with van der Waals surface area (Å²) in [4.78, 5) is 27.2. The summed E-state index contributed by atoms with van der Waals surface area (Å²) < 4.78 is 14.4. The first-order chi connectivity index (χ1) is 13.1. The lowest BCUT2D eigenvalue weighted by atomic mass is 10.2. The third-order valence-electron chi connectivity index (χ3n) is 3.11. The highest BCUT2D eigenvalue weighted by Crippen LogP contribution is 2.15. The Morgan fingerprint density at radius 2 is 1.56 bits per heavy atom. The van der Waals surface area contributed by atoms with Gasteiger partial charge in [-0.15, -0.1) is 12.8 Å². The minimum absolute atomic E-state index is 0.0694. The number of nitrogens with zero attached hydrogens (tertiary/aromatic N) is 1. The molecular weight excluding hydrogens is 346 g/mol. The number of hydrogen-bond acceptors (Lipinski definition) is 6. The molecule has 2 rings (SSSR count). The van der Waals surface area contributed by atoms with Gasteiger partial charge < -0.3 is 14.2 Å². The summed E-state index contributed by atoms with van der Waals surface area (Å²) in [6, 6.07) is 13.2. The lowest BCUT2D eigenvalue weighted by Crippen LogP contribution is -2.10. The van der Waals surface area contributed by atoms with Crippen LogP contribution in [0.5, 0.6) is 5.75 Å². The van der Waals surface area contributed by atoms with Gasteiger partial charge in [0.1, 0.15) is 5.75 Å². The lowest BCUT2D eigenvalue weighted by molar-refractivity contribution is 0.0556. The van der Waals surface area contributed by atoms with Crippen molar-refractivity contribution >= 4 is 24.0 Å². The molecule has 0 radical (unpaired) electrons. The summed E-state index contributed by atoms with van der Waals surface area (Å²) in [6.45, 7) is -0.218. The van der Waals surface area contributed by atoms with Crippen LogP contribution in [0.25, 0.3) is 0 Å². The first-order valence-electron chi connectivity index (χ1n) is 7.75. The first-order valence-corrected chi connectivity index (χ1v) is 7.75. The number of aliphatic imine (C=N–C) groups is 1. The maximum absolute atomic E-state index is 11.7. The van der Waals surface area contributed by atoms with E-state index in [1.54, 1.807) is 54.7 Å². The number of esters is 1. The molecule has 134 valence electrons. The largest absolute Gasteiger partial charge is 0.514 e. The number of rotatable bonds is 6. The van der Waals surface area contributed by atoms with Crippen LogP contribution < -0.4 is 4.74 Å². The van der Waals surface area contributed by atoms with Crippen molar-refractivity contribution < 1.29 is 23.8 Å². The van der Waals surface area contributed by atoms with Gasteiger partial charge in [0.2, 0.25) is 0 Å². The second-order valence-corrected chi connectivity index (χ2v) is 5.00. The Balaban J connectivity index is 1.94. The molecule has 0 aromatic heterocycles. The third-order valence-corrected chi connectivity index (χ3v) is 3.11. The van der Waals surface area contributed by atoms with E-state index in [2.05, 4.69) is 21.6 Å². The maximum Gasteiger partial charge on any atom is 0.514 e. The van der Waals surface area contributed by atoms with Gasteiger partial charge in [0, 0.05) is 6.21 Å². The SMILES string of the molecule is C#CCOC(=O)Oc1ccc(C=Nc2ccc(C(=O)OCC#C)cc2)cc1. The second-order valence-electron chi connectivity index (χ2n) is 5.00. The van der Waals surface area contributed by atoms with Gasteiger partial charge in [-0.05, 0) is 54.1 Å². The van der Waals surface area contributed by atoms with Crippen molar-refractivity contribution in [1.82, 2.24) is 0 Å². The molecule has 0 heterocycles. The molecule has 0 spiro atoms. The number of ether oxygens (including phenoxy) is 3. The van der Waals surface area contributed by atoms with Crippen molar-refractivity contribution in [3.05, 3.63) is 59.7 Å². The smallest absolute Gasteiger partial charge is 0.449 e. The maximum atomic E-state index is 11.7. The minimum atomic E-state index is -0.866.